The van der Waals surface area contributed by atoms with E-state index in [-0.39, 0.29) is 26.9 Å². The molecule has 3 rings (SSSR count). The van der Waals surface area contributed by atoms with Crippen molar-refractivity contribution in [3.63, 3.8) is 0 Å². The molecule has 0 atom stereocenters. The standard InChI is InChI=1S/C23H20Cl2F3NO4/c1-5-12-10-14(32-23(26,27)28)11-13-8-9-29(19(12)13)20(30)17-16(24)7-6-15(18(17)25)21(31)33-22(2,3)4/h6-11H,5H2,1-4H3. The van der Waals surface area contributed by atoms with Crippen molar-refractivity contribution in [1.29, 1.82) is 0 Å². The number of benzene rings is 2. The summed E-state index contributed by atoms with van der Waals surface area (Å²) in [4.78, 5) is 26.0. The van der Waals surface area contributed by atoms with Gasteiger partial charge in [-0.3, -0.25) is 9.36 Å². The summed E-state index contributed by atoms with van der Waals surface area (Å²) in [5, 5.41) is 0.186. The van der Waals surface area contributed by atoms with Crippen molar-refractivity contribution >= 4 is 46.0 Å². The Morgan fingerprint density at radius 3 is 2.30 bits per heavy atom. The average molecular weight is 502 g/mol. The number of fused-ring (bicyclic) bond motifs is 1. The van der Waals surface area contributed by atoms with E-state index in [0.717, 1.165) is 0 Å². The normalized spacial score (nSPS) is 12.2. The molecule has 0 saturated heterocycles. The van der Waals surface area contributed by atoms with Gasteiger partial charge >= 0.3 is 12.3 Å². The van der Waals surface area contributed by atoms with Gasteiger partial charge in [0, 0.05) is 11.6 Å². The van der Waals surface area contributed by atoms with Crippen molar-refractivity contribution in [2.45, 2.75) is 46.1 Å². The number of carbonyl (C=O) groups excluding carboxylic acids is 2. The number of aromatic nitrogens is 1. The highest BCUT2D eigenvalue weighted by atomic mass is 35.5. The third-order valence-corrected chi connectivity index (χ3v) is 5.30. The van der Waals surface area contributed by atoms with Crippen molar-refractivity contribution in [2.24, 2.45) is 0 Å². The van der Waals surface area contributed by atoms with Crippen LogP contribution in [0.5, 0.6) is 5.75 Å². The van der Waals surface area contributed by atoms with Crippen LogP contribution in [0.15, 0.2) is 36.5 Å². The summed E-state index contributed by atoms with van der Waals surface area (Å²) in [6.45, 7) is 6.80. The predicted molar refractivity (Wildman–Crippen MR) is 119 cm³/mol. The zero-order valence-electron chi connectivity index (χ0n) is 18.1. The molecule has 33 heavy (non-hydrogen) atoms. The molecule has 1 heterocycles. The Hall–Kier alpha value is -2.71. The second kappa shape index (κ2) is 8.91. The van der Waals surface area contributed by atoms with Crippen LogP contribution in [0.25, 0.3) is 10.9 Å². The summed E-state index contributed by atoms with van der Waals surface area (Å²) in [6, 6.07) is 6.62. The Kier molecular flexibility index (Phi) is 6.73. The van der Waals surface area contributed by atoms with Crippen LogP contribution in [0.1, 0.15) is 54.0 Å². The molecular weight excluding hydrogens is 482 g/mol. The average Bonchev–Trinajstić information content (AvgIpc) is 3.08. The molecule has 0 aliphatic rings. The van der Waals surface area contributed by atoms with E-state index in [9.17, 15) is 22.8 Å². The number of nitrogens with zero attached hydrogens (tertiary/aromatic N) is 1. The van der Waals surface area contributed by atoms with Crippen LogP contribution < -0.4 is 4.74 Å². The summed E-state index contributed by atoms with van der Waals surface area (Å²) >= 11 is 12.7. The number of aryl methyl sites for hydroxylation is 1. The quantitative estimate of drug-likeness (QED) is 0.359. The van der Waals surface area contributed by atoms with Crippen LogP contribution in [-0.4, -0.2) is 28.4 Å². The molecule has 0 saturated carbocycles. The molecule has 0 aliphatic heterocycles. The van der Waals surface area contributed by atoms with Gasteiger partial charge in [-0.15, -0.1) is 13.2 Å². The maximum atomic E-state index is 13.4. The lowest BCUT2D eigenvalue weighted by molar-refractivity contribution is -0.274. The van der Waals surface area contributed by atoms with Gasteiger partial charge in [0.25, 0.3) is 5.91 Å². The number of hydrogen-bond donors (Lipinski definition) is 0. The fraction of sp³-hybridized carbons (Fsp3) is 0.304. The first-order valence-electron chi connectivity index (χ1n) is 9.87. The second-order valence-electron chi connectivity index (χ2n) is 8.20. The number of halogens is 5. The van der Waals surface area contributed by atoms with E-state index in [4.69, 9.17) is 27.9 Å². The second-order valence-corrected chi connectivity index (χ2v) is 8.98. The SMILES string of the molecule is CCc1cc(OC(F)(F)F)cc2ccn(C(=O)c3c(Cl)ccc(C(=O)OC(C)(C)C)c3Cl)c12. The van der Waals surface area contributed by atoms with Crippen LogP contribution in [0.4, 0.5) is 13.2 Å². The maximum Gasteiger partial charge on any atom is 0.573 e. The van der Waals surface area contributed by atoms with Gasteiger partial charge in [-0.05, 0) is 63.1 Å². The largest absolute Gasteiger partial charge is 0.573 e. The van der Waals surface area contributed by atoms with Crippen LogP contribution in [0, 0.1) is 0 Å². The molecule has 10 heteroatoms. The molecule has 0 aliphatic carbocycles. The van der Waals surface area contributed by atoms with Gasteiger partial charge in [-0.1, -0.05) is 30.1 Å². The number of carbonyl (C=O) groups is 2. The van der Waals surface area contributed by atoms with Crippen LogP contribution in [0.2, 0.25) is 10.0 Å². The Morgan fingerprint density at radius 2 is 1.73 bits per heavy atom. The molecule has 0 spiro atoms. The molecule has 0 N–H and O–H groups in total. The Labute approximate surface area is 198 Å². The highest BCUT2D eigenvalue weighted by Gasteiger charge is 2.32. The first-order chi connectivity index (χ1) is 15.2. The highest BCUT2D eigenvalue weighted by molar-refractivity contribution is 6.41. The minimum absolute atomic E-state index is 0.00855. The fourth-order valence-electron chi connectivity index (χ4n) is 3.33. The number of esters is 1. The Balaban J connectivity index is 2.11. The molecule has 2 aromatic carbocycles. The van der Waals surface area contributed by atoms with Gasteiger partial charge in [0.05, 0.1) is 26.7 Å². The van der Waals surface area contributed by atoms with E-state index >= 15 is 0 Å². The van der Waals surface area contributed by atoms with Crippen molar-refractivity contribution in [1.82, 2.24) is 4.57 Å². The van der Waals surface area contributed by atoms with E-state index < -0.39 is 23.8 Å². The smallest absolute Gasteiger partial charge is 0.456 e. The third kappa shape index (κ3) is 5.45. The van der Waals surface area contributed by atoms with E-state index in [2.05, 4.69) is 4.74 Å². The molecule has 0 amide bonds. The number of rotatable bonds is 4. The summed E-state index contributed by atoms with van der Waals surface area (Å²) < 4.78 is 48.6. The molecule has 0 radical (unpaired) electrons. The number of hydrogen-bond acceptors (Lipinski definition) is 4. The molecule has 0 unspecified atom stereocenters. The molecule has 3 aromatic rings. The molecule has 0 bridgehead atoms. The minimum Gasteiger partial charge on any atom is -0.456 e. The van der Waals surface area contributed by atoms with E-state index in [1.165, 1.54) is 41.1 Å². The summed E-state index contributed by atoms with van der Waals surface area (Å²) in [6.07, 6.45) is -3.13. The maximum absolute atomic E-state index is 13.4. The monoisotopic (exact) mass is 501 g/mol. The van der Waals surface area contributed by atoms with E-state index in [1.54, 1.807) is 27.7 Å². The van der Waals surface area contributed by atoms with Gasteiger partial charge < -0.3 is 9.47 Å². The van der Waals surface area contributed by atoms with Crippen molar-refractivity contribution in [3.8, 4) is 5.75 Å². The van der Waals surface area contributed by atoms with Gasteiger partial charge in [0.2, 0.25) is 0 Å². The number of alkyl halides is 3. The molecular formula is C23H20Cl2F3NO4. The first kappa shape index (κ1) is 24.9. The van der Waals surface area contributed by atoms with Crippen molar-refractivity contribution < 1.29 is 32.2 Å². The minimum atomic E-state index is -4.85. The topological polar surface area (TPSA) is 57.5 Å². The molecule has 0 fully saturated rings. The van der Waals surface area contributed by atoms with Crippen LogP contribution >= 0.6 is 23.2 Å². The zero-order chi connectivity index (χ0) is 24.7. The predicted octanol–water partition coefficient (Wildman–Crippen LogP) is 7.05. The molecule has 5 nitrogen and oxygen atoms in total. The van der Waals surface area contributed by atoms with Crippen molar-refractivity contribution in [3.05, 3.63) is 63.3 Å². The van der Waals surface area contributed by atoms with Crippen LogP contribution in [0.3, 0.4) is 0 Å². The highest BCUT2D eigenvalue weighted by Crippen LogP contribution is 2.34. The molecule has 176 valence electrons. The third-order valence-electron chi connectivity index (χ3n) is 4.59. The molecule has 1 aromatic heterocycles. The lowest BCUT2D eigenvalue weighted by Gasteiger charge is -2.20. The van der Waals surface area contributed by atoms with Gasteiger partial charge in [0.15, 0.2) is 0 Å². The van der Waals surface area contributed by atoms with Gasteiger partial charge in [-0.25, -0.2) is 4.79 Å². The van der Waals surface area contributed by atoms with E-state index in [1.807, 2.05) is 0 Å². The van der Waals surface area contributed by atoms with Crippen molar-refractivity contribution in [2.75, 3.05) is 0 Å². The lowest BCUT2D eigenvalue weighted by atomic mass is 10.1. The first-order valence-corrected chi connectivity index (χ1v) is 10.6. The lowest BCUT2D eigenvalue weighted by Crippen LogP contribution is -2.24. The summed E-state index contributed by atoms with van der Waals surface area (Å²) in [7, 11) is 0. The zero-order valence-corrected chi connectivity index (χ0v) is 19.7. The van der Waals surface area contributed by atoms with Gasteiger partial charge in [0.1, 0.15) is 11.4 Å². The summed E-state index contributed by atoms with van der Waals surface area (Å²) in [5.41, 5.74) is -0.121. The van der Waals surface area contributed by atoms with E-state index in [0.29, 0.717) is 22.9 Å². The fourth-order valence-corrected chi connectivity index (χ4v) is 3.94. The van der Waals surface area contributed by atoms with Crippen LogP contribution in [-0.2, 0) is 11.2 Å². The summed E-state index contributed by atoms with van der Waals surface area (Å²) in [5.74, 6) is -1.76. The Morgan fingerprint density at radius 1 is 1.06 bits per heavy atom. The Bertz CT molecular complexity index is 1240. The number of ether oxygens (including phenoxy) is 2. The van der Waals surface area contributed by atoms with Gasteiger partial charge in [-0.2, -0.15) is 0 Å².